The fraction of sp³-hybridized carbons (Fsp3) is 0.231. The number of halogens is 1. The number of hydrogen-bond donors (Lipinski definition) is 1. The zero-order chi connectivity index (χ0) is 25.2. The van der Waals surface area contributed by atoms with Crippen molar-refractivity contribution in [2.75, 3.05) is 12.0 Å². The molecule has 2 aromatic carbocycles. The van der Waals surface area contributed by atoms with E-state index in [9.17, 15) is 10.1 Å². The van der Waals surface area contributed by atoms with E-state index < -0.39 is 5.92 Å². The predicted molar refractivity (Wildman–Crippen MR) is 142 cm³/mol. The first kappa shape index (κ1) is 24.4. The molecule has 36 heavy (non-hydrogen) atoms. The van der Waals surface area contributed by atoms with E-state index in [1.54, 1.807) is 23.8 Å². The van der Waals surface area contributed by atoms with Crippen LogP contribution in [0.1, 0.15) is 36.3 Å². The number of ether oxygens (including phenoxy) is 1. The quantitative estimate of drug-likeness (QED) is 0.395. The van der Waals surface area contributed by atoms with Crippen LogP contribution in [-0.2, 0) is 10.5 Å². The standard InChI is InChI=1S/C26H22ClN5O2S2/c1-34-21-8-3-2-5-17(21)22-18(13-28)24(29)32(19-6-4-7-20(33)23(19)22)25-30-31-26(36-25)35-14-15-9-11-16(27)12-10-15/h2-3,5,8-12,22H,4,6-7,14,29H2,1H3/t22-/m1/s1. The Morgan fingerprint density at radius 3 is 2.75 bits per heavy atom. The number of nitrogens with zero attached hydrogens (tertiary/aromatic N) is 4. The van der Waals surface area contributed by atoms with Crippen LogP contribution in [0.3, 0.4) is 0 Å². The van der Waals surface area contributed by atoms with Crippen molar-refractivity contribution >= 4 is 45.6 Å². The normalized spacial score (nSPS) is 17.8. The molecule has 1 atom stereocenters. The van der Waals surface area contributed by atoms with Crippen LogP contribution in [-0.4, -0.2) is 23.1 Å². The van der Waals surface area contributed by atoms with Gasteiger partial charge in [-0.1, -0.05) is 65.0 Å². The smallest absolute Gasteiger partial charge is 0.219 e. The molecule has 1 aliphatic heterocycles. The summed E-state index contributed by atoms with van der Waals surface area (Å²) < 4.78 is 6.34. The molecular weight excluding hydrogens is 514 g/mol. The highest BCUT2D eigenvalue weighted by molar-refractivity contribution is 8.00. The number of nitrogens with two attached hydrogens (primary N) is 1. The van der Waals surface area contributed by atoms with E-state index in [1.807, 2.05) is 48.5 Å². The van der Waals surface area contributed by atoms with Gasteiger partial charge in [0.15, 0.2) is 10.1 Å². The van der Waals surface area contributed by atoms with Crippen molar-refractivity contribution in [2.24, 2.45) is 5.73 Å². The maximum Gasteiger partial charge on any atom is 0.219 e. The first-order valence-electron chi connectivity index (χ1n) is 11.3. The summed E-state index contributed by atoms with van der Waals surface area (Å²) in [5.41, 5.74) is 10.2. The van der Waals surface area contributed by atoms with Crippen molar-refractivity contribution < 1.29 is 9.53 Å². The number of benzene rings is 2. The zero-order valence-corrected chi connectivity index (χ0v) is 21.8. The Balaban J connectivity index is 1.54. The van der Waals surface area contributed by atoms with Crippen LogP contribution in [0.2, 0.25) is 5.02 Å². The number of carbonyl (C=O) groups excluding carboxylic acids is 1. The van der Waals surface area contributed by atoms with Gasteiger partial charge >= 0.3 is 0 Å². The summed E-state index contributed by atoms with van der Waals surface area (Å²) in [6, 6.07) is 17.4. The molecule has 0 amide bonds. The Morgan fingerprint density at radius 1 is 1.22 bits per heavy atom. The average molecular weight is 536 g/mol. The van der Waals surface area contributed by atoms with Crippen LogP contribution in [0.4, 0.5) is 5.13 Å². The summed E-state index contributed by atoms with van der Waals surface area (Å²) >= 11 is 8.93. The Labute approximate surface area is 222 Å². The topological polar surface area (TPSA) is 105 Å². The highest BCUT2D eigenvalue weighted by atomic mass is 35.5. The van der Waals surface area contributed by atoms with Crippen molar-refractivity contribution in [1.29, 1.82) is 5.26 Å². The van der Waals surface area contributed by atoms with Crippen molar-refractivity contribution in [1.82, 2.24) is 10.2 Å². The van der Waals surface area contributed by atoms with Crippen LogP contribution >= 0.6 is 34.7 Å². The summed E-state index contributed by atoms with van der Waals surface area (Å²) in [5, 5.41) is 20.2. The fourth-order valence-electron chi connectivity index (χ4n) is 4.60. The Morgan fingerprint density at radius 2 is 2.00 bits per heavy atom. The Bertz CT molecular complexity index is 1420. The number of Topliss-reactive ketones (excluding diaryl/α,β-unsaturated/α-hetero) is 1. The molecule has 5 rings (SSSR count). The van der Waals surface area contributed by atoms with Crippen LogP contribution in [0.15, 0.2) is 75.5 Å². The van der Waals surface area contributed by atoms with E-state index in [1.165, 1.54) is 11.3 Å². The maximum absolute atomic E-state index is 13.3. The minimum atomic E-state index is -0.586. The first-order chi connectivity index (χ1) is 17.5. The van der Waals surface area contributed by atoms with Crippen molar-refractivity contribution in [2.45, 2.75) is 35.3 Å². The number of aromatic nitrogens is 2. The monoisotopic (exact) mass is 535 g/mol. The Hall–Kier alpha value is -3.32. The number of methoxy groups -OCH3 is 1. The summed E-state index contributed by atoms with van der Waals surface area (Å²) in [5.74, 6) is 1.02. The molecule has 0 radical (unpaired) electrons. The molecule has 0 unspecified atom stereocenters. The lowest BCUT2D eigenvalue weighted by atomic mass is 9.75. The van der Waals surface area contributed by atoms with E-state index in [0.717, 1.165) is 21.2 Å². The second kappa shape index (κ2) is 10.3. The molecule has 0 saturated carbocycles. The molecule has 1 aliphatic carbocycles. The number of ketones is 1. The van der Waals surface area contributed by atoms with Gasteiger partial charge in [-0.25, -0.2) is 0 Å². The molecule has 0 saturated heterocycles. The first-order valence-corrected chi connectivity index (χ1v) is 13.5. The Kier molecular flexibility index (Phi) is 7.01. The van der Waals surface area contributed by atoms with Crippen molar-refractivity contribution in [3.05, 3.63) is 87.3 Å². The van der Waals surface area contributed by atoms with Crippen LogP contribution < -0.4 is 15.4 Å². The van der Waals surface area contributed by atoms with Gasteiger partial charge in [0.25, 0.3) is 0 Å². The van der Waals surface area contributed by atoms with Gasteiger partial charge in [0.1, 0.15) is 11.6 Å². The fourth-order valence-corrected chi connectivity index (χ4v) is 6.56. The van der Waals surface area contributed by atoms with Crippen LogP contribution in [0.25, 0.3) is 0 Å². The number of allylic oxidation sites excluding steroid dienone is 3. The molecule has 1 aromatic heterocycles. The van der Waals surface area contributed by atoms with Gasteiger partial charge in [0, 0.05) is 34.0 Å². The number of para-hydroxylation sites is 1. The lowest BCUT2D eigenvalue weighted by Gasteiger charge is -2.38. The molecule has 10 heteroatoms. The van der Waals surface area contributed by atoms with E-state index in [0.29, 0.717) is 52.1 Å². The number of thioether (sulfide) groups is 1. The zero-order valence-electron chi connectivity index (χ0n) is 19.4. The number of nitriles is 1. The van der Waals surface area contributed by atoms with Crippen molar-refractivity contribution in [3.8, 4) is 11.8 Å². The van der Waals surface area contributed by atoms with Gasteiger partial charge in [0.2, 0.25) is 5.13 Å². The highest BCUT2D eigenvalue weighted by Gasteiger charge is 2.42. The SMILES string of the molecule is COc1ccccc1[C@@H]1C(C#N)=C(N)N(c2nnc(SCc3ccc(Cl)cc3)s2)C2=C1C(=O)CCC2. The van der Waals surface area contributed by atoms with Crippen LogP contribution in [0.5, 0.6) is 5.75 Å². The molecule has 2 N–H and O–H groups in total. The molecule has 182 valence electrons. The second-order valence-electron chi connectivity index (χ2n) is 8.32. The number of rotatable bonds is 6. The number of anilines is 1. The molecule has 2 heterocycles. The number of hydrogen-bond acceptors (Lipinski definition) is 9. The average Bonchev–Trinajstić information content (AvgIpc) is 3.36. The minimum Gasteiger partial charge on any atom is -0.496 e. The highest BCUT2D eigenvalue weighted by Crippen LogP contribution is 2.48. The van der Waals surface area contributed by atoms with Gasteiger partial charge in [-0.05, 0) is 36.6 Å². The van der Waals surface area contributed by atoms with Gasteiger partial charge in [-0.3, -0.25) is 9.69 Å². The van der Waals surface area contributed by atoms with Gasteiger partial charge in [-0.15, -0.1) is 10.2 Å². The van der Waals surface area contributed by atoms with Crippen molar-refractivity contribution in [3.63, 3.8) is 0 Å². The molecule has 3 aromatic rings. The molecule has 0 bridgehead atoms. The molecule has 0 spiro atoms. The molecule has 7 nitrogen and oxygen atoms in total. The number of carbonyl (C=O) groups is 1. The van der Waals surface area contributed by atoms with E-state index >= 15 is 0 Å². The lowest BCUT2D eigenvalue weighted by Crippen LogP contribution is -2.38. The summed E-state index contributed by atoms with van der Waals surface area (Å²) in [6.07, 6.45) is 1.78. The third-order valence-electron chi connectivity index (χ3n) is 6.23. The van der Waals surface area contributed by atoms with Gasteiger partial charge < -0.3 is 10.5 Å². The maximum atomic E-state index is 13.3. The molecular formula is C26H22ClN5O2S2. The van der Waals surface area contributed by atoms with E-state index in [4.69, 9.17) is 22.1 Å². The largest absolute Gasteiger partial charge is 0.496 e. The summed E-state index contributed by atoms with van der Waals surface area (Å²) in [4.78, 5) is 15.1. The minimum absolute atomic E-state index is 0.0132. The van der Waals surface area contributed by atoms with Gasteiger partial charge in [0.05, 0.1) is 24.7 Å². The van der Waals surface area contributed by atoms with Crippen LogP contribution in [0, 0.1) is 11.3 Å². The second-order valence-corrected chi connectivity index (χ2v) is 10.9. The van der Waals surface area contributed by atoms with E-state index in [-0.39, 0.29) is 11.6 Å². The lowest BCUT2D eigenvalue weighted by molar-refractivity contribution is -0.116. The molecule has 2 aliphatic rings. The third-order valence-corrected chi connectivity index (χ3v) is 8.59. The van der Waals surface area contributed by atoms with E-state index in [2.05, 4.69) is 16.3 Å². The molecule has 0 fully saturated rings. The third kappa shape index (κ3) is 4.48. The summed E-state index contributed by atoms with van der Waals surface area (Å²) in [7, 11) is 1.58. The predicted octanol–water partition coefficient (Wildman–Crippen LogP) is 5.80. The summed E-state index contributed by atoms with van der Waals surface area (Å²) in [6.45, 7) is 0. The van der Waals surface area contributed by atoms with Gasteiger partial charge in [-0.2, -0.15) is 5.26 Å².